The monoisotopic (exact) mass is 308 g/mol. The third kappa shape index (κ3) is 3.72. The van der Waals surface area contributed by atoms with Crippen molar-refractivity contribution in [3.8, 4) is 11.8 Å². The van der Waals surface area contributed by atoms with E-state index < -0.39 is 0 Å². The van der Waals surface area contributed by atoms with Crippen molar-refractivity contribution in [3.63, 3.8) is 0 Å². The maximum absolute atomic E-state index is 8.86. The van der Waals surface area contributed by atoms with Crippen molar-refractivity contribution in [1.82, 2.24) is 4.98 Å². The van der Waals surface area contributed by atoms with Crippen LogP contribution in [0.15, 0.2) is 42.6 Å². The first kappa shape index (κ1) is 15.2. The number of ether oxygens (including phenoxy) is 1. The average molecular weight is 308 g/mol. The molecule has 1 N–H and O–H groups in total. The lowest BCUT2D eigenvalue weighted by Gasteiger charge is -2.34. The highest BCUT2D eigenvalue weighted by Crippen LogP contribution is 2.22. The molecule has 1 unspecified atom stereocenters. The summed E-state index contributed by atoms with van der Waals surface area (Å²) < 4.78 is 5.19. The van der Waals surface area contributed by atoms with Crippen molar-refractivity contribution >= 4 is 11.5 Å². The van der Waals surface area contributed by atoms with Crippen LogP contribution in [0.25, 0.3) is 0 Å². The second-order valence-electron chi connectivity index (χ2n) is 5.67. The maximum Gasteiger partial charge on any atom is 0.128 e. The van der Waals surface area contributed by atoms with Gasteiger partial charge in [-0.1, -0.05) is 0 Å². The molecule has 0 radical (unpaired) electrons. The summed E-state index contributed by atoms with van der Waals surface area (Å²) in [5, 5.41) is 12.4. The molecule has 1 aliphatic rings. The second-order valence-corrected chi connectivity index (χ2v) is 5.67. The number of anilines is 2. The number of methoxy groups -OCH3 is 1. The van der Waals surface area contributed by atoms with Gasteiger partial charge in [0.1, 0.15) is 17.6 Å². The summed E-state index contributed by atoms with van der Waals surface area (Å²) in [6.07, 6.45) is 3.89. The number of aromatic nitrogens is 1. The number of benzene rings is 1. The van der Waals surface area contributed by atoms with Crippen molar-refractivity contribution < 1.29 is 4.74 Å². The van der Waals surface area contributed by atoms with Crippen LogP contribution in [0.4, 0.5) is 11.5 Å². The van der Waals surface area contributed by atoms with E-state index in [4.69, 9.17) is 10.00 Å². The molecule has 5 nitrogen and oxygen atoms in total. The van der Waals surface area contributed by atoms with Gasteiger partial charge >= 0.3 is 0 Å². The molecule has 0 bridgehead atoms. The Labute approximate surface area is 136 Å². The summed E-state index contributed by atoms with van der Waals surface area (Å²) in [6.45, 7) is 1.91. The predicted octanol–water partition coefficient (Wildman–Crippen LogP) is 3.04. The zero-order chi connectivity index (χ0) is 16.1. The summed E-state index contributed by atoms with van der Waals surface area (Å²) in [6, 6.07) is 14.2. The highest BCUT2D eigenvalue weighted by Gasteiger charge is 2.20. The lowest BCUT2D eigenvalue weighted by atomic mass is 10.1. The Balaban J connectivity index is 1.64. The van der Waals surface area contributed by atoms with Crippen molar-refractivity contribution in [2.45, 2.75) is 18.9 Å². The van der Waals surface area contributed by atoms with Crippen LogP contribution < -0.4 is 15.0 Å². The van der Waals surface area contributed by atoms with Gasteiger partial charge in [-0.3, -0.25) is 0 Å². The molecule has 23 heavy (non-hydrogen) atoms. The van der Waals surface area contributed by atoms with E-state index in [1.807, 2.05) is 36.4 Å². The first-order valence-electron chi connectivity index (χ1n) is 7.80. The number of nitrogens with zero attached hydrogens (tertiary/aromatic N) is 3. The minimum absolute atomic E-state index is 0.384. The van der Waals surface area contributed by atoms with E-state index >= 15 is 0 Å². The van der Waals surface area contributed by atoms with Gasteiger partial charge in [-0.2, -0.15) is 5.26 Å². The molecule has 0 spiro atoms. The Bertz CT molecular complexity index is 676. The second kappa shape index (κ2) is 7.01. The van der Waals surface area contributed by atoms with E-state index in [2.05, 4.69) is 21.3 Å². The highest BCUT2D eigenvalue weighted by atomic mass is 16.5. The Morgan fingerprint density at radius 1 is 1.26 bits per heavy atom. The van der Waals surface area contributed by atoms with E-state index in [1.165, 1.54) is 0 Å². The van der Waals surface area contributed by atoms with Gasteiger partial charge in [-0.15, -0.1) is 0 Å². The van der Waals surface area contributed by atoms with Gasteiger partial charge in [-0.25, -0.2) is 4.98 Å². The first-order valence-corrected chi connectivity index (χ1v) is 7.80. The van der Waals surface area contributed by atoms with Crippen molar-refractivity contribution in [2.75, 3.05) is 30.4 Å². The zero-order valence-corrected chi connectivity index (χ0v) is 13.2. The molecule has 118 valence electrons. The number of nitrogens with one attached hydrogen (secondary N) is 1. The molecule has 5 heteroatoms. The third-order valence-corrected chi connectivity index (χ3v) is 4.08. The Hall–Kier alpha value is -2.74. The van der Waals surface area contributed by atoms with Crippen LogP contribution in [0.5, 0.6) is 5.75 Å². The fourth-order valence-electron chi connectivity index (χ4n) is 2.87. The van der Waals surface area contributed by atoms with Crippen LogP contribution in [-0.4, -0.2) is 31.2 Å². The normalized spacial score (nSPS) is 17.4. The standard InChI is InChI=1S/C18H20N4O/c1-23-17-7-5-15(6-8-17)21-16-3-2-10-22(13-16)18-9-4-14(11-19)12-20-18/h4-9,12,16,21H,2-3,10,13H2,1H3. The van der Waals surface area contributed by atoms with E-state index in [-0.39, 0.29) is 0 Å². The van der Waals surface area contributed by atoms with E-state index in [9.17, 15) is 0 Å². The molecule has 2 heterocycles. The first-order chi connectivity index (χ1) is 11.3. The Kier molecular flexibility index (Phi) is 4.62. The third-order valence-electron chi connectivity index (χ3n) is 4.08. The lowest BCUT2D eigenvalue weighted by Crippen LogP contribution is -2.42. The molecule has 3 rings (SSSR count). The number of hydrogen-bond acceptors (Lipinski definition) is 5. The zero-order valence-electron chi connectivity index (χ0n) is 13.2. The van der Waals surface area contributed by atoms with Crippen LogP contribution in [0.3, 0.4) is 0 Å². The summed E-state index contributed by atoms with van der Waals surface area (Å²) >= 11 is 0. The van der Waals surface area contributed by atoms with Gasteiger partial charge in [-0.05, 0) is 49.2 Å². The number of piperidine rings is 1. The molecule has 1 atom stereocenters. The Morgan fingerprint density at radius 2 is 2.09 bits per heavy atom. The molecule has 1 saturated heterocycles. The fraction of sp³-hybridized carbons (Fsp3) is 0.333. The van der Waals surface area contributed by atoms with E-state index in [1.54, 1.807) is 13.3 Å². The quantitative estimate of drug-likeness (QED) is 0.940. The van der Waals surface area contributed by atoms with Gasteiger partial charge in [0.25, 0.3) is 0 Å². The van der Waals surface area contributed by atoms with Gasteiger partial charge < -0.3 is 15.0 Å². The lowest BCUT2D eigenvalue weighted by molar-refractivity contribution is 0.415. The van der Waals surface area contributed by atoms with Crippen LogP contribution in [0.2, 0.25) is 0 Å². The van der Waals surface area contributed by atoms with E-state index in [0.29, 0.717) is 11.6 Å². The fourth-order valence-corrected chi connectivity index (χ4v) is 2.87. The SMILES string of the molecule is COc1ccc(NC2CCCN(c3ccc(C#N)cn3)C2)cc1. The van der Waals surface area contributed by atoms with Crippen LogP contribution >= 0.6 is 0 Å². The molecular weight excluding hydrogens is 288 g/mol. The summed E-state index contributed by atoms with van der Waals surface area (Å²) in [7, 11) is 1.67. The molecule has 0 saturated carbocycles. The van der Waals surface area contributed by atoms with Gasteiger partial charge in [0.05, 0.1) is 12.7 Å². The van der Waals surface area contributed by atoms with Crippen molar-refractivity contribution in [2.24, 2.45) is 0 Å². The Morgan fingerprint density at radius 3 is 2.74 bits per heavy atom. The highest BCUT2D eigenvalue weighted by molar-refractivity contribution is 5.48. The molecule has 0 amide bonds. The van der Waals surface area contributed by atoms with Crippen molar-refractivity contribution in [3.05, 3.63) is 48.2 Å². The van der Waals surface area contributed by atoms with Crippen molar-refractivity contribution in [1.29, 1.82) is 5.26 Å². The molecule has 1 aliphatic heterocycles. The van der Waals surface area contributed by atoms with Gasteiger partial charge in [0, 0.05) is 31.0 Å². The summed E-state index contributed by atoms with van der Waals surface area (Å²) in [5.41, 5.74) is 1.70. The van der Waals surface area contributed by atoms with E-state index in [0.717, 1.165) is 43.2 Å². The molecule has 0 aliphatic carbocycles. The molecule has 1 aromatic heterocycles. The average Bonchev–Trinajstić information content (AvgIpc) is 2.63. The van der Waals surface area contributed by atoms with Crippen LogP contribution in [-0.2, 0) is 0 Å². The van der Waals surface area contributed by atoms with Crippen LogP contribution in [0, 0.1) is 11.3 Å². The summed E-state index contributed by atoms with van der Waals surface area (Å²) in [4.78, 5) is 6.67. The molecule has 1 aromatic carbocycles. The summed E-state index contributed by atoms with van der Waals surface area (Å²) in [5.74, 6) is 1.80. The predicted molar refractivity (Wildman–Crippen MR) is 90.8 cm³/mol. The molecular formula is C18H20N4O. The largest absolute Gasteiger partial charge is 0.497 e. The number of rotatable bonds is 4. The number of hydrogen-bond donors (Lipinski definition) is 1. The maximum atomic E-state index is 8.86. The number of nitriles is 1. The minimum atomic E-state index is 0.384. The number of pyridine rings is 1. The van der Waals surface area contributed by atoms with Gasteiger partial charge in [0.15, 0.2) is 0 Å². The molecule has 2 aromatic rings. The van der Waals surface area contributed by atoms with Gasteiger partial charge in [0.2, 0.25) is 0 Å². The molecule has 1 fully saturated rings. The minimum Gasteiger partial charge on any atom is -0.497 e. The van der Waals surface area contributed by atoms with Crippen LogP contribution in [0.1, 0.15) is 18.4 Å². The topological polar surface area (TPSA) is 61.2 Å². The smallest absolute Gasteiger partial charge is 0.128 e.